The van der Waals surface area contributed by atoms with Gasteiger partial charge in [-0.3, -0.25) is 4.90 Å². The normalized spacial score (nSPS) is 16.1. The average Bonchev–Trinajstić information content (AvgIpc) is 3.07. The van der Waals surface area contributed by atoms with E-state index in [2.05, 4.69) is 65.1 Å². The topological polar surface area (TPSA) is 27.3 Å². The number of thiophene rings is 1. The molecule has 0 aliphatic carbocycles. The SMILES string of the molecule is Cc1cccc(NC(=S)NC2CCN(Cc3cccs3)CC2)c1C. The third-order valence-electron chi connectivity index (χ3n) is 4.74. The number of likely N-dealkylation sites (tertiary alicyclic amines) is 1. The molecule has 5 heteroatoms. The highest BCUT2D eigenvalue weighted by molar-refractivity contribution is 7.80. The Bertz CT molecular complexity index is 674. The second-order valence-electron chi connectivity index (χ2n) is 6.48. The maximum atomic E-state index is 5.51. The summed E-state index contributed by atoms with van der Waals surface area (Å²) in [5.74, 6) is 0. The maximum absolute atomic E-state index is 5.51. The van der Waals surface area contributed by atoms with Crippen molar-refractivity contribution in [1.82, 2.24) is 10.2 Å². The van der Waals surface area contributed by atoms with Gasteiger partial charge in [-0.05, 0) is 67.5 Å². The van der Waals surface area contributed by atoms with Gasteiger partial charge < -0.3 is 10.6 Å². The molecule has 1 fully saturated rings. The fourth-order valence-electron chi connectivity index (χ4n) is 3.09. The minimum Gasteiger partial charge on any atom is -0.360 e. The minimum atomic E-state index is 0.467. The van der Waals surface area contributed by atoms with Crippen LogP contribution >= 0.6 is 23.6 Å². The van der Waals surface area contributed by atoms with Gasteiger partial charge in [0, 0.05) is 36.2 Å². The monoisotopic (exact) mass is 359 g/mol. The molecular weight excluding hydrogens is 334 g/mol. The number of anilines is 1. The van der Waals surface area contributed by atoms with Crippen molar-refractivity contribution in [3.63, 3.8) is 0 Å². The van der Waals surface area contributed by atoms with Crippen LogP contribution in [0, 0.1) is 13.8 Å². The molecule has 24 heavy (non-hydrogen) atoms. The van der Waals surface area contributed by atoms with Gasteiger partial charge in [0.25, 0.3) is 0 Å². The van der Waals surface area contributed by atoms with Crippen molar-refractivity contribution < 1.29 is 0 Å². The fourth-order valence-corrected chi connectivity index (χ4v) is 4.11. The van der Waals surface area contributed by atoms with Crippen molar-refractivity contribution in [3.8, 4) is 0 Å². The van der Waals surface area contributed by atoms with E-state index in [1.165, 1.54) is 16.0 Å². The van der Waals surface area contributed by atoms with Gasteiger partial charge in [0.2, 0.25) is 0 Å². The molecule has 1 aliphatic rings. The number of thiocarbonyl (C=S) groups is 1. The van der Waals surface area contributed by atoms with Crippen LogP contribution in [0.25, 0.3) is 0 Å². The molecule has 0 saturated carbocycles. The van der Waals surface area contributed by atoms with E-state index >= 15 is 0 Å². The first-order valence-electron chi connectivity index (χ1n) is 8.50. The Hall–Kier alpha value is -1.43. The zero-order valence-corrected chi connectivity index (χ0v) is 16.0. The van der Waals surface area contributed by atoms with E-state index in [-0.39, 0.29) is 0 Å². The molecule has 2 N–H and O–H groups in total. The summed E-state index contributed by atoms with van der Waals surface area (Å²) >= 11 is 7.35. The van der Waals surface area contributed by atoms with Crippen molar-refractivity contribution >= 4 is 34.4 Å². The Morgan fingerprint density at radius 3 is 2.71 bits per heavy atom. The first-order valence-corrected chi connectivity index (χ1v) is 9.79. The standard InChI is InChI=1S/C19H25N3S2/c1-14-5-3-7-18(15(14)2)21-19(23)20-16-8-10-22(11-9-16)13-17-6-4-12-24-17/h3-7,12,16H,8-11,13H2,1-2H3,(H2,20,21,23). The van der Waals surface area contributed by atoms with Crippen molar-refractivity contribution in [2.75, 3.05) is 18.4 Å². The summed E-state index contributed by atoms with van der Waals surface area (Å²) in [6, 6.07) is 11.1. The van der Waals surface area contributed by atoms with E-state index in [1.807, 2.05) is 11.3 Å². The largest absolute Gasteiger partial charge is 0.360 e. The molecule has 2 aromatic rings. The number of rotatable bonds is 4. The van der Waals surface area contributed by atoms with Gasteiger partial charge in [-0.15, -0.1) is 11.3 Å². The van der Waals surface area contributed by atoms with Gasteiger partial charge in [-0.1, -0.05) is 18.2 Å². The van der Waals surface area contributed by atoms with Crippen molar-refractivity contribution in [2.24, 2.45) is 0 Å². The van der Waals surface area contributed by atoms with Gasteiger partial charge in [-0.25, -0.2) is 0 Å². The second kappa shape index (κ2) is 8.10. The van der Waals surface area contributed by atoms with Crippen LogP contribution in [-0.4, -0.2) is 29.1 Å². The summed E-state index contributed by atoms with van der Waals surface area (Å²) in [7, 11) is 0. The zero-order valence-electron chi connectivity index (χ0n) is 14.3. The Morgan fingerprint density at radius 1 is 1.21 bits per heavy atom. The number of benzene rings is 1. The van der Waals surface area contributed by atoms with Crippen LogP contribution in [0.3, 0.4) is 0 Å². The summed E-state index contributed by atoms with van der Waals surface area (Å²) in [5.41, 5.74) is 3.64. The van der Waals surface area contributed by atoms with Crippen LogP contribution in [0.5, 0.6) is 0 Å². The summed E-state index contributed by atoms with van der Waals surface area (Å²) < 4.78 is 0. The van der Waals surface area contributed by atoms with E-state index in [0.29, 0.717) is 6.04 Å². The van der Waals surface area contributed by atoms with Crippen molar-refractivity contribution in [3.05, 3.63) is 51.7 Å². The van der Waals surface area contributed by atoms with Gasteiger partial charge in [-0.2, -0.15) is 0 Å². The highest BCUT2D eigenvalue weighted by Gasteiger charge is 2.20. The third kappa shape index (κ3) is 4.56. The lowest BCUT2D eigenvalue weighted by atomic mass is 10.1. The molecule has 3 rings (SSSR count). The number of nitrogens with one attached hydrogen (secondary N) is 2. The lowest BCUT2D eigenvalue weighted by Crippen LogP contribution is -2.45. The van der Waals surface area contributed by atoms with E-state index in [1.54, 1.807) is 0 Å². The Kier molecular flexibility index (Phi) is 5.87. The van der Waals surface area contributed by atoms with Gasteiger partial charge in [0.15, 0.2) is 5.11 Å². The molecular formula is C19H25N3S2. The highest BCUT2D eigenvalue weighted by Crippen LogP contribution is 2.19. The molecule has 0 unspecified atom stereocenters. The lowest BCUT2D eigenvalue weighted by molar-refractivity contribution is 0.201. The van der Waals surface area contributed by atoms with Gasteiger partial charge in [0.1, 0.15) is 0 Å². The number of hydrogen-bond acceptors (Lipinski definition) is 3. The predicted octanol–water partition coefficient (Wildman–Crippen LogP) is 4.32. The summed E-state index contributed by atoms with van der Waals surface area (Å²) in [5, 5.41) is 9.73. The Morgan fingerprint density at radius 2 is 2.00 bits per heavy atom. The smallest absolute Gasteiger partial charge is 0.171 e. The van der Waals surface area contributed by atoms with Gasteiger partial charge >= 0.3 is 0 Å². The second-order valence-corrected chi connectivity index (χ2v) is 7.92. The number of piperidine rings is 1. The first kappa shape index (κ1) is 17.4. The molecule has 1 aliphatic heterocycles. The summed E-state index contributed by atoms with van der Waals surface area (Å²) in [6.45, 7) is 7.59. The maximum Gasteiger partial charge on any atom is 0.171 e. The quantitative estimate of drug-likeness (QED) is 0.795. The van der Waals surface area contributed by atoms with E-state index in [0.717, 1.165) is 43.3 Å². The molecule has 0 spiro atoms. The molecule has 3 nitrogen and oxygen atoms in total. The van der Waals surface area contributed by atoms with Crippen LogP contribution in [0.15, 0.2) is 35.7 Å². The van der Waals surface area contributed by atoms with E-state index in [9.17, 15) is 0 Å². The lowest BCUT2D eigenvalue weighted by Gasteiger charge is -2.32. The molecule has 2 heterocycles. The highest BCUT2D eigenvalue weighted by atomic mass is 32.1. The van der Waals surface area contributed by atoms with E-state index in [4.69, 9.17) is 12.2 Å². The van der Waals surface area contributed by atoms with Crippen molar-refractivity contribution in [2.45, 2.75) is 39.3 Å². The fraction of sp³-hybridized carbons (Fsp3) is 0.421. The predicted molar refractivity (Wildman–Crippen MR) is 108 cm³/mol. The average molecular weight is 360 g/mol. The van der Waals surface area contributed by atoms with Crippen LogP contribution in [0.4, 0.5) is 5.69 Å². The molecule has 0 amide bonds. The summed E-state index contributed by atoms with van der Waals surface area (Å²) in [6.07, 6.45) is 2.28. The van der Waals surface area contributed by atoms with Gasteiger partial charge in [0.05, 0.1) is 0 Å². The molecule has 1 aromatic carbocycles. The number of nitrogens with zero attached hydrogens (tertiary/aromatic N) is 1. The van der Waals surface area contributed by atoms with Crippen LogP contribution in [-0.2, 0) is 6.54 Å². The van der Waals surface area contributed by atoms with E-state index < -0.39 is 0 Å². The van der Waals surface area contributed by atoms with Crippen LogP contribution < -0.4 is 10.6 Å². The van der Waals surface area contributed by atoms with Crippen LogP contribution in [0.1, 0.15) is 28.8 Å². The first-order chi connectivity index (χ1) is 11.6. The Balaban J connectivity index is 1.45. The molecule has 0 atom stereocenters. The number of aryl methyl sites for hydroxylation is 1. The summed E-state index contributed by atoms with van der Waals surface area (Å²) in [4.78, 5) is 3.99. The molecule has 1 saturated heterocycles. The van der Waals surface area contributed by atoms with Crippen LogP contribution in [0.2, 0.25) is 0 Å². The molecule has 1 aromatic heterocycles. The zero-order chi connectivity index (χ0) is 16.9. The third-order valence-corrected chi connectivity index (χ3v) is 5.82. The minimum absolute atomic E-state index is 0.467. The number of hydrogen-bond donors (Lipinski definition) is 2. The Labute approximate surface area is 154 Å². The molecule has 128 valence electrons. The molecule has 0 bridgehead atoms. The van der Waals surface area contributed by atoms with Crippen molar-refractivity contribution in [1.29, 1.82) is 0 Å². The molecule has 0 radical (unpaired) electrons.